The topological polar surface area (TPSA) is 87.1 Å². The molecule has 4 fully saturated rings. The third kappa shape index (κ3) is 3.07. The Bertz CT molecular complexity index is 976. The largest absolute Gasteiger partial charge is 0.390 e. The van der Waals surface area contributed by atoms with Crippen molar-refractivity contribution in [3.8, 4) is 0 Å². The molecule has 1 saturated heterocycles. The molecule has 0 aromatic rings. The Labute approximate surface area is 207 Å². The number of rotatable bonds is 6. The fourth-order valence-electron chi connectivity index (χ4n) is 8.89. The smallest absolute Gasteiger partial charge is 0.192 e. The molecule has 6 nitrogen and oxygen atoms in total. The molecule has 5 rings (SSSR count). The van der Waals surface area contributed by atoms with Crippen LogP contribution < -0.4 is 0 Å². The number of carbonyl (C=O) groups excluding carboxylic acids is 2. The Hall–Kier alpha value is -1.41. The summed E-state index contributed by atoms with van der Waals surface area (Å²) in [4.78, 5) is 32.1. The van der Waals surface area contributed by atoms with Gasteiger partial charge in [0.05, 0.1) is 6.10 Å². The molecule has 2 N–H and O–H groups in total. The first-order valence-electron chi connectivity index (χ1n) is 13.4. The molecule has 0 amide bonds. The van der Waals surface area contributed by atoms with Crippen LogP contribution in [0.15, 0.2) is 23.8 Å². The molecule has 0 bridgehead atoms. The Morgan fingerprint density at radius 3 is 2.66 bits per heavy atom. The van der Waals surface area contributed by atoms with Crippen LogP contribution in [0.3, 0.4) is 0 Å². The van der Waals surface area contributed by atoms with Gasteiger partial charge < -0.3 is 10.2 Å². The number of ketones is 2. The summed E-state index contributed by atoms with van der Waals surface area (Å²) in [5, 5.41) is 23.5. The van der Waals surface area contributed by atoms with E-state index in [4.69, 9.17) is 4.84 Å². The molecule has 194 valence electrons. The molecule has 7 heteroatoms. The van der Waals surface area contributed by atoms with Crippen molar-refractivity contribution in [3.05, 3.63) is 23.8 Å². The summed E-state index contributed by atoms with van der Waals surface area (Å²) in [5.41, 5.74) is -4.30. The molecule has 3 saturated carbocycles. The lowest BCUT2D eigenvalue weighted by Gasteiger charge is -2.62. The van der Waals surface area contributed by atoms with Crippen LogP contribution in [0.5, 0.6) is 0 Å². The van der Waals surface area contributed by atoms with Gasteiger partial charge in [0, 0.05) is 35.8 Å². The number of aliphatic hydroxyl groups is 2. The number of alkyl halides is 1. The van der Waals surface area contributed by atoms with Crippen molar-refractivity contribution in [1.29, 1.82) is 0 Å². The first-order chi connectivity index (χ1) is 16.5. The van der Waals surface area contributed by atoms with Gasteiger partial charge in [0.15, 0.2) is 22.8 Å². The van der Waals surface area contributed by atoms with Gasteiger partial charge in [-0.3, -0.25) is 14.4 Å². The van der Waals surface area contributed by atoms with E-state index in [-0.39, 0.29) is 29.8 Å². The molecule has 5 aliphatic rings. The molecule has 0 radical (unpaired) electrons. The van der Waals surface area contributed by atoms with E-state index in [2.05, 4.69) is 13.8 Å². The monoisotopic (exact) mass is 489 g/mol. The van der Waals surface area contributed by atoms with Gasteiger partial charge in [0.25, 0.3) is 0 Å². The van der Waals surface area contributed by atoms with Crippen LogP contribution in [0.2, 0.25) is 0 Å². The third-order valence-electron chi connectivity index (χ3n) is 10.9. The average Bonchev–Trinajstić information content (AvgIpc) is 3.31. The van der Waals surface area contributed by atoms with Crippen molar-refractivity contribution >= 4 is 11.6 Å². The van der Waals surface area contributed by atoms with Crippen molar-refractivity contribution < 1.29 is 29.0 Å². The molecule has 0 aromatic heterocycles. The minimum absolute atomic E-state index is 0.0797. The summed E-state index contributed by atoms with van der Waals surface area (Å²) in [6.07, 6.45) is 7.14. The Kier molecular flexibility index (Phi) is 5.99. The number of hydrogen-bond acceptors (Lipinski definition) is 6. The van der Waals surface area contributed by atoms with Gasteiger partial charge in [-0.25, -0.2) is 4.39 Å². The summed E-state index contributed by atoms with van der Waals surface area (Å²) >= 11 is 0. The second-order valence-corrected chi connectivity index (χ2v) is 12.1. The van der Waals surface area contributed by atoms with Crippen LogP contribution >= 0.6 is 0 Å². The molecule has 35 heavy (non-hydrogen) atoms. The lowest BCUT2D eigenvalue weighted by molar-refractivity contribution is -0.267. The van der Waals surface area contributed by atoms with E-state index in [9.17, 15) is 19.8 Å². The lowest BCUT2D eigenvalue weighted by Crippen LogP contribution is -2.69. The Morgan fingerprint density at radius 1 is 1.29 bits per heavy atom. The molecule has 1 aliphatic heterocycles. The van der Waals surface area contributed by atoms with Gasteiger partial charge in [0.1, 0.15) is 6.61 Å². The molecule has 0 spiro atoms. The summed E-state index contributed by atoms with van der Waals surface area (Å²) < 4.78 is 17.4. The highest BCUT2D eigenvalue weighted by atomic mass is 19.1. The fourth-order valence-corrected chi connectivity index (χ4v) is 8.89. The first kappa shape index (κ1) is 25.2. The van der Waals surface area contributed by atoms with Crippen molar-refractivity contribution in [2.45, 2.75) is 83.6 Å². The molecule has 0 aromatic carbocycles. The zero-order chi connectivity index (χ0) is 25.4. The van der Waals surface area contributed by atoms with E-state index in [0.717, 1.165) is 25.0 Å². The number of hydroxylamine groups is 2. The van der Waals surface area contributed by atoms with Crippen LogP contribution in [-0.4, -0.2) is 63.9 Å². The number of carbonyl (C=O) groups is 2. The zero-order valence-electron chi connectivity index (χ0n) is 21.4. The number of aliphatic hydroxyl groups excluding tert-OH is 2. The quantitative estimate of drug-likeness (QED) is 0.593. The number of fused-ring (bicyclic) bond motifs is 7. The Morgan fingerprint density at radius 2 is 2.00 bits per heavy atom. The minimum atomic E-state index is -1.93. The summed E-state index contributed by atoms with van der Waals surface area (Å²) in [6, 6.07) is 0. The van der Waals surface area contributed by atoms with Crippen molar-refractivity contribution in [2.24, 2.45) is 34.5 Å². The van der Waals surface area contributed by atoms with Gasteiger partial charge in [0.2, 0.25) is 0 Å². The molecule has 8 atom stereocenters. The molecular weight excluding hydrogens is 449 g/mol. The van der Waals surface area contributed by atoms with E-state index in [1.807, 2.05) is 12.0 Å². The van der Waals surface area contributed by atoms with Gasteiger partial charge in [-0.1, -0.05) is 45.3 Å². The van der Waals surface area contributed by atoms with Gasteiger partial charge in [-0.2, -0.15) is 5.06 Å². The van der Waals surface area contributed by atoms with Crippen LogP contribution in [-0.2, 0) is 14.4 Å². The highest BCUT2D eigenvalue weighted by Crippen LogP contribution is 2.72. The summed E-state index contributed by atoms with van der Waals surface area (Å²) in [7, 11) is 0. The number of nitrogens with zero attached hydrogens (tertiary/aromatic N) is 1. The zero-order valence-corrected chi connectivity index (χ0v) is 21.4. The normalized spacial score (nSPS) is 46.7. The molecule has 4 aliphatic carbocycles. The predicted molar refractivity (Wildman–Crippen MR) is 129 cm³/mol. The van der Waals surface area contributed by atoms with E-state index in [1.165, 1.54) is 12.2 Å². The molecule has 0 unspecified atom stereocenters. The lowest BCUT2D eigenvalue weighted by atomic mass is 9.44. The average molecular weight is 490 g/mol. The summed E-state index contributed by atoms with van der Waals surface area (Å²) in [6.45, 7) is 8.74. The highest BCUT2D eigenvalue weighted by Gasteiger charge is 2.78. The maximum absolute atomic E-state index is 17.4. The van der Waals surface area contributed by atoms with Gasteiger partial charge >= 0.3 is 0 Å². The van der Waals surface area contributed by atoms with Crippen LogP contribution in [0.1, 0.15) is 66.2 Å². The van der Waals surface area contributed by atoms with E-state index >= 15 is 4.39 Å². The first-order valence-corrected chi connectivity index (χ1v) is 13.4. The third-order valence-corrected chi connectivity index (χ3v) is 10.9. The standard InChI is InChI=1S/C28H40FNO5/c1-5-17(6-2)14-30-15-19-12-22-21-8-7-18-11-20(32)9-10-25(18,3)27(21,29)23(33)13-26(22,4)28(19,35-30)24(34)16-31/h9-11,17,19,21-23,31,33H,5-8,12-16H2,1-4H3/t19-,21-,22-,23-,25-,26-,27-,28-/m0/s1. The van der Waals surface area contributed by atoms with Crippen molar-refractivity contribution in [3.63, 3.8) is 0 Å². The van der Waals surface area contributed by atoms with E-state index in [0.29, 0.717) is 31.7 Å². The van der Waals surface area contributed by atoms with E-state index < -0.39 is 40.7 Å². The Balaban J connectivity index is 1.54. The van der Waals surface area contributed by atoms with Crippen LogP contribution in [0.25, 0.3) is 0 Å². The number of allylic oxidation sites excluding steroid dienone is 4. The van der Waals surface area contributed by atoms with Gasteiger partial charge in [-0.05, 0) is 56.6 Å². The van der Waals surface area contributed by atoms with Crippen LogP contribution in [0.4, 0.5) is 4.39 Å². The number of hydrogen-bond donors (Lipinski definition) is 2. The highest BCUT2D eigenvalue weighted by molar-refractivity contribution is 6.01. The molecule has 1 heterocycles. The SMILES string of the molecule is CCC(CC)CN1C[C@@H]2C[C@H]3[C@@H]4CCC5=CC(=O)C=C[C@]5(C)[C@@]4(F)[C@@H](O)C[C@]3(C)[C@]2(C(=O)CO)O1. The van der Waals surface area contributed by atoms with Crippen LogP contribution in [0, 0.1) is 34.5 Å². The second-order valence-electron chi connectivity index (χ2n) is 12.1. The number of Topliss-reactive ketones (excluding diaryl/α,β-unsaturated/α-hetero) is 1. The minimum Gasteiger partial charge on any atom is -0.390 e. The fraction of sp³-hybridized carbons (Fsp3) is 0.786. The molecular formula is C28H40FNO5. The maximum Gasteiger partial charge on any atom is 0.192 e. The maximum atomic E-state index is 17.4. The van der Waals surface area contributed by atoms with Crippen molar-refractivity contribution in [2.75, 3.05) is 19.7 Å². The van der Waals surface area contributed by atoms with E-state index in [1.54, 1.807) is 13.0 Å². The predicted octanol–water partition coefficient (Wildman–Crippen LogP) is 3.57. The number of halogens is 1. The summed E-state index contributed by atoms with van der Waals surface area (Å²) in [5.74, 6) is -0.850. The van der Waals surface area contributed by atoms with Crippen molar-refractivity contribution in [1.82, 2.24) is 5.06 Å². The second kappa shape index (κ2) is 8.30. The van der Waals surface area contributed by atoms with Gasteiger partial charge in [-0.15, -0.1) is 0 Å².